The van der Waals surface area contributed by atoms with Crippen molar-refractivity contribution in [3.8, 4) is 0 Å². The lowest BCUT2D eigenvalue weighted by Crippen LogP contribution is -2.53. The van der Waals surface area contributed by atoms with Crippen molar-refractivity contribution in [1.29, 1.82) is 0 Å². The van der Waals surface area contributed by atoms with Crippen LogP contribution in [0.5, 0.6) is 0 Å². The Kier molecular flexibility index (Phi) is 6.18. The molecule has 1 saturated heterocycles. The van der Waals surface area contributed by atoms with E-state index < -0.39 is 8.80 Å². The third-order valence-corrected chi connectivity index (χ3v) is 6.50. The Bertz CT molecular complexity index is 175. The quantitative estimate of drug-likeness (QED) is 0.422. The highest BCUT2D eigenvalue weighted by Gasteiger charge is 2.48. The summed E-state index contributed by atoms with van der Waals surface area (Å²) in [5.41, 5.74) is 0.208. The summed E-state index contributed by atoms with van der Waals surface area (Å²) in [6, 6.07) is 0. The zero-order valence-corrected chi connectivity index (χ0v) is 11.0. The van der Waals surface area contributed by atoms with Gasteiger partial charge in [-0.3, -0.25) is 0 Å². The maximum atomic E-state index is 8.71. The average molecular weight is 252 g/mol. The molecular weight excluding hydrogens is 232 g/mol. The van der Waals surface area contributed by atoms with Crippen molar-refractivity contribution in [3.05, 3.63) is 0 Å². The van der Waals surface area contributed by atoms with Crippen LogP contribution in [0.25, 0.3) is 0 Å². The second-order valence-electron chi connectivity index (χ2n) is 3.66. The van der Waals surface area contributed by atoms with Gasteiger partial charge in [-0.1, -0.05) is 6.92 Å². The molecule has 0 aliphatic carbocycles. The Morgan fingerprint density at radius 3 is 2.67 bits per heavy atom. The average Bonchev–Trinajstić information content (AvgIpc) is 2.29. The van der Waals surface area contributed by atoms with Crippen LogP contribution >= 0.6 is 12.6 Å². The SMILES string of the molecule is CC(CS)[Si]1(OCCCO)OCCCO1. The minimum absolute atomic E-state index is 0.139. The monoisotopic (exact) mass is 252 g/mol. The predicted octanol–water partition coefficient (Wildman–Crippen LogP) is 1.08. The highest BCUT2D eigenvalue weighted by atomic mass is 32.1. The van der Waals surface area contributed by atoms with Gasteiger partial charge in [0.25, 0.3) is 0 Å². The fourth-order valence-electron chi connectivity index (χ4n) is 1.43. The molecule has 0 radical (unpaired) electrons. The standard InChI is InChI=1S/C9H20O4SSi/c1-9(8-14)15(11-5-2-4-10)12-6-3-7-13-15/h9-10,14H,2-8H2,1H3. The number of thiol groups is 1. The lowest BCUT2D eigenvalue weighted by molar-refractivity contribution is 0.0138. The molecule has 1 heterocycles. The lowest BCUT2D eigenvalue weighted by atomic mass is 10.5. The van der Waals surface area contributed by atoms with E-state index in [2.05, 4.69) is 12.6 Å². The largest absolute Gasteiger partial charge is 0.504 e. The number of rotatable bonds is 6. The fraction of sp³-hybridized carbons (Fsp3) is 1.00. The fourth-order valence-corrected chi connectivity index (χ4v) is 4.71. The summed E-state index contributed by atoms with van der Waals surface area (Å²) in [7, 11) is -2.51. The first-order valence-corrected chi connectivity index (χ1v) is 7.82. The topological polar surface area (TPSA) is 47.9 Å². The van der Waals surface area contributed by atoms with E-state index in [-0.39, 0.29) is 12.1 Å². The van der Waals surface area contributed by atoms with E-state index in [0.717, 1.165) is 6.42 Å². The van der Waals surface area contributed by atoms with E-state index in [9.17, 15) is 0 Å². The molecule has 1 aliphatic heterocycles. The molecule has 0 bridgehead atoms. The summed E-state index contributed by atoms with van der Waals surface area (Å²) < 4.78 is 17.2. The van der Waals surface area contributed by atoms with Crippen molar-refractivity contribution < 1.29 is 18.4 Å². The van der Waals surface area contributed by atoms with Gasteiger partial charge in [-0.2, -0.15) is 12.6 Å². The van der Waals surface area contributed by atoms with Crippen molar-refractivity contribution in [3.63, 3.8) is 0 Å². The van der Waals surface area contributed by atoms with Gasteiger partial charge < -0.3 is 18.4 Å². The van der Waals surface area contributed by atoms with Gasteiger partial charge in [0.2, 0.25) is 0 Å². The number of aliphatic hydroxyl groups is 1. The maximum Gasteiger partial charge on any atom is 0.504 e. The Hall–Kier alpha value is 0.407. The van der Waals surface area contributed by atoms with E-state index in [1.807, 2.05) is 6.92 Å². The molecule has 1 unspecified atom stereocenters. The van der Waals surface area contributed by atoms with Gasteiger partial charge in [-0.15, -0.1) is 0 Å². The minimum Gasteiger partial charge on any atom is -0.396 e. The molecule has 0 amide bonds. The highest BCUT2D eigenvalue weighted by Crippen LogP contribution is 2.29. The second-order valence-corrected chi connectivity index (χ2v) is 7.09. The van der Waals surface area contributed by atoms with Crippen molar-refractivity contribution in [2.75, 3.05) is 32.2 Å². The van der Waals surface area contributed by atoms with Crippen LogP contribution in [0.1, 0.15) is 19.8 Å². The van der Waals surface area contributed by atoms with E-state index in [4.69, 9.17) is 18.4 Å². The van der Waals surface area contributed by atoms with Crippen LogP contribution in [0.15, 0.2) is 0 Å². The smallest absolute Gasteiger partial charge is 0.396 e. The second kappa shape index (κ2) is 6.88. The van der Waals surface area contributed by atoms with Gasteiger partial charge >= 0.3 is 8.80 Å². The Morgan fingerprint density at radius 1 is 1.47 bits per heavy atom. The molecule has 90 valence electrons. The molecule has 0 aromatic rings. The van der Waals surface area contributed by atoms with Crippen molar-refractivity contribution in [2.24, 2.45) is 0 Å². The van der Waals surface area contributed by atoms with Crippen molar-refractivity contribution in [1.82, 2.24) is 0 Å². The van der Waals surface area contributed by atoms with Gasteiger partial charge in [-0.25, -0.2) is 0 Å². The molecule has 15 heavy (non-hydrogen) atoms. The molecule has 1 atom stereocenters. The van der Waals surface area contributed by atoms with E-state index >= 15 is 0 Å². The Morgan fingerprint density at radius 2 is 2.13 bits per heavy atom. The summed E-state index contributed by atoms with van der Waals surface area (Å²) in [5, 5.41) is 8.71. The van der Waals surface area contributed by atoms with Crippen LogP contribution in [-0.2, 0) is 13.3 Å². The van der Waals surface area contributed by atoms with Crippen LogP contribution < -0.4 is 0 Å². The first-order chi connectivity index (χ1) is 7.25. The van der Waals surface area contributed by atoms with Crippen LogP contribution in [-0.4, -0.2) is 46.1 Å². The maximum absolute atomic E-state index is 8.71. The first kappa shape index (κ1) is 13.5. The molecule has 1 fully saturated rings. The van der Waals surface area contributed by atoms with E-state index in [1.54, 1.807) is 0 Å². The molecular formula is C9H20O4SSi. The molecule has 1 N–H and O–H groups in total. The third-order valence-electron chi connectivity index (χ3n) is 2.38. The molecule has 0 aromatic heterocycles. The minimum atomic E-state index is -2.51. The summed E-state index contributed by atoms with van der Waals surface area (Å²) >= 11 is 4.27. The summed E-state index contributed by atoms with van der Waals surface area (Å²) in [4.78, 5) is 0. The van der Waals surface area contributed by atoms with Crippen molar-refractivity contribution in [2.45, 2.75) is 25.3 Å². The molecule has 0 aromatic carbocycles. The van der Waals surface area contributed by atoms with Crippen LogP contribution in [0.2, 0.25) is 5.54 Å². The van der Waals surface area contributed by atoms with Gasteiger partial charge in [0.05, 0.1) is 0 Å². The van der Waals surface area contributed by atoms with Crippen LogP contribution in [0.3, 0.4) is 0 Å². The van der Waals surface area contributed by atoms with Gasteiger partial charge in [0, 0.05) is 32.0 Å². The molecule has 6 heteroatoms. The zero-order valence-electron chi connectivity index (χ0n) is 9.15. The summed E-state index contributed by atoms with van der Waals surface area (Å²) in [6.45, 7) is 4.11. The predicted molar refractivity (Wildman–Crippen MR) is 63.2 cm³/mol. The zero-order chi connectivity index (χ0) is 11.1. The first-order valence-electron chi connectivity index (χ1n) is 5.39. The number of hydrogen-bond acceptors (Lipinski definition) is 5. The highest BCUT2D eigenvalue weighted by molar-refractivity contribution is 7.80. The van der Waals surface area contributed by atoms with Crippen LogP contribution in [0, 0.1) is 0 Å². The molecule has 4 nitrogen and oxygen atoms in total. The summed E-state index contributed by atoms with van der Waals surface area (Å²) in [6.07, 6.45) is 1.55. The number of hydrogen-bond donors (Lipinski definition) is 2. The van der Waals surface area contributed by atoms with E-state index in [1.165, 1.54) is 0 Å². The Labute approximate surface area is 97.7 Å². The molecule has 0 spiro atoms. The molecule has 1 rings (SSSR count). The number of aliphatic hydroxyl groups excluding tert-OH is 1. The third kappa shape index (κ3) is 3.72. The van der Waals surface area contributed by atoms with Gasteiger partial charge in [0.1, 0.15) is 0 Å². The molecule has 1 aliphatic rings. The van der Waals surface area contributed by atoms with Gasteiger partial charge in [-0.05, 0) is 18.6 Å². The van der Waals surface area contributed by atoms with Crippen LogP contribution in [0.4, 0.5) is 0 Å². The van der Waals surface area contributed by atoms with Crippen molar-refractivity contribution >= 4 is 21.4 Å². The van der Waals surface area contributed by atoms with Gasteiger partial charge in [0.15, 0.2) is 0 Å². The Balaban J connectivity index is 2.50. The summed E-state index contributed by atoms with van der Waals surface area (Å²) in [5.74, 6) is 0.700. The normalized spacial score (nSPS) is 22.6. The molecule has 0 saturated carbocycles. The van der Waals surface area contributed by atoms with E-state index in [0.29, 0.717) is 32.0 Å². The lowest BCUT2D eigenvalue weighted by Gasteiger charge is -2.36.